The zero-order valence-electron chi connectivity index (χ0n) is 14.6. The van der Waals surface area contributed by atoms with Crippen molar-refractivity contribution in [1.29, 1.82) is 0 Å². The lowest BCUT2D eigenvalue weighted by molar-refractivity contribution is -0.119. The molecule has 27 heavy (non-hydrogen) atoms. The zero-order valence-corrected chi connectivity index (χ0v) is 16.1. The number of primary amides is 1. The number of nitrogens with two attached hydrogens (primary N) is 1. The third-order valence-corrected chi connectivity index (χ3v) is 4.73. The van der Waals surface area contributed by atoms with Crippen molar-refractivity contribution in [3.63, 3.8) is 0 Å². The molecule has 0 heterocycles. The SMILES string of the molecule is NC(=O)[C@@H](Cc1ccc(-c2ccccc2)cc1)NC(=O)c1cccc(Br)c1. The summed E-state index contributed by atoms with van der Waals surface area (Å²) in [5, 5.41) is 2.72. The van der Waals surface area contributed by atoms with Gasteiger partial charge in [-0.25, -0.2) is 0 Å². The summed E-state index contributed by atoms with van der Waals surface area (Å²) in [5.74, 6) is -0.897. The lowest BCUT2D eigenvalue weighted by Crippen LogP contribution is -2.45. The number of amides is 2. The van der Waals surface area contributed by atoms with E-state index in [4.69, 9.17) is 5.73 Å². The highest BCUT2D eigenvalue weighted by molar-refractivity contribution is 9.10. The maximum absolute atomic E-state index is 12.4. The smallest absolute Gasteiger partial charge is 0.251 e. The van der Waals surface area contributed by atoms with Crippen LogP contribution in [-0.2, 0) is 11.2 Å². The Kier molecular flexibility index (Phi) is 6.04. The summed E-state index contributed by atoms with van der Waals surface area (Å²) in [6.45, 7) is 0. The first-order chi connectivity index (χ1) is 13.0. The van der Waals surface area contributed by atoms with Crippen molar-refractivity contribution in [3.05, 3.63) is 94.5 Å². The molecule has 136 valence electrons. The summed E-state index contributed by atoms with van der Waals surface area (Å²) < 4.78 is 0.794. The second-order valence-electron chi connectivity index (χ2n) is 6.21. The average Bonchev–Trinajstić information content (AvgIpc) is 2.68. The molecule has 0 saturated carbocycles. The van der Waals surface area contributed by atoms with Gasteiger partial charge in [-0.15, -0.1) is 0 Å². The quantitative estimate of drug-likeness (QED) is 0.631. The Morgan fingerprint density at radius 1 is 0.889 bits per heavy atom. The molecule has 3 N–H and O–H groups in total. The van der Waals surface area contributed by atoms with Crippen LogP contribution in [0.4, 0.5) is 0 Å². The number of hydrogen-bond acceptors (Lipinski definition) is 2. The van der Waals surface area contributed by atoms with Crippen molar-refractivity contribution >= 4 is 27.7 Å². The summed E-state index contributed by atoms with van der Waals surface area (Å²) in [7, 11) is 0. The van der Waals surface area contributed by atoms with Gasteiger partial charge in [0.1, 0.15) is 6.04 Å². The van der Waals surface area contributed by atoms with E-state index in [0.717, 1.165) is 21.2 Å². The molecule has 3 aromatic rings. The number of rotatable bonds is 6. The standard InChI is InChI=1S/C22H19BrN2O2/c23-19-8-4-7-18(14-19)22(27)25-20(21(24)26)13-15-9-11-17(12-10-15)16-5-2-1-3-6-16/h1-12,14,20H,13H2,(H2,24,26)(H,25,27)/t20-/m1/s1. The van der Waals surface area contributed by atoms with Crippen LogP contribution in [0, 0.1) is 0 Å². The van der Waals surface area contributed by atoms with Crippen LogP contribution >= 0.6 is 15.9 Å². The first-order valence-corrected chi connectivity index (χ1v) is 9.32. The molecule has 3 rings (SSSR count). The lowest BCUT2D eigenvalue weighted by Gasteiger charge is -2.16. The summed E-state index contributed by atoms with van der Waals surface area (Å²) in [6, 6.07) is 24.1. The van der Waals surface area contributed by atoms with Crippen LogP contribution in [0.3, 0.4) is 0 Å². The van der Waals surface area contributed by atoms with Crippen LogP contribution in [0.15, 0.2) is 83.3 Å². The van der Waals surface area contributed by atoms with E-state index >= 15 is 0 Å². The summed E-state index contributed by atoms with van der Waals surface area (Å²) >= 11 is 3.33. The molecule has 0 radical (unpaired) electrons. The summed E-state index contributed by atoms with van der Waals surface area (Å²) in [6.07, 6.45) is 0.337. The largest absolute Gasteiger partial charge is 0.368 e. The first-order valence-electron chi connectivity index (χ1n) is 8.53. The highest BCUT2D eigenvalue weighted by Gasteiger charge is 2.19. The Hall–Kier alpha value is -2.92. The molecule has 0 aliphatic rings. The van der Waals surface area contributed by atoms with Crippen molar-refractivity contribution in [2.24, 2.45) is 5.73 Å². The Balaban J connectivity index is 1.71. The van der Waals surface area contributed by atoms with Gasteiger partial charge in [-0.2, -0.15) is 0 Å². The van der Waals surface area contributed by atoms with Crippen molar-refractivity contribution < 1.29 is 9.59 Å². The van der Waals surface area contributed by atoms with Crippen molar-refractivity contribution in [3.8, 4) is 11.1 Å². The third kappa shape index (κ3) is 5.05. The average molecular weight is 423 g/mol. The van der Waals surface area contributed by atoms with E-state index in [2.05, 4.69) is 21.2 Å². The summed E-state index contributed by atoms with van der Waals surface area (Å²) in [4.78, 5) is 24.2. The van der Waals surface area contributed by atoms with Crippen LogP contribution in [0.25, 0.3) is 11.1 Å². The Labute approximate surface area is 166 Å². The predicted molar refractivity (Wildman–Crippen MR) is 110 cm³/mol. The molecule has 0 saturated heterocycles. The van der Waals surface area contributed by atoms with Gasteiger partial charge in [0, 0.05) is 16.5 Å². The Morgan fingerprint density at radius 2 is 1.56 bits per heavy atom. The van der Waals surface area contributed by atoms with Crippen molar-refractivity contribution in [2.45, 2.75) is 12.5 Å². The maximum Gasteiger partial charge on any atom is 0.251 e. The molecular formula is C22H19BrN2O2. The molecule has 4 nitrogen and oxygen atoms in total. The molecule has 0 aromatic heterocycles. The highest BCUT2D eigenvalue weighted by atomic mass is 79.9. The van der Waals surface area contributed by atoms with Crippen LogP contribution in [0.5, 0.6) is 0 Å². The zero-order chi connectivity index (χ0) is 19.2. The van der Waals surface area contributed by atoms with Crippen LogP contribution < -0.4 is 11.1 Å². The van der Waals surface area contributed by atoms with Crippen molar-refractivity contribution in [1.82, 2.24) is 5.32 Å². The molecule has 2 amide bonds. The molecule has 0 unspecified atom stereocenters. The topological polar surface area (TPSA) is 72.2 Å². The highest BCUT2D eigenvalue weighted by Crippen LogP contribution is 2.20. The normalized spacial score (nSPS) is 11.6. The number of hydrogen-bond donors (Lipinski definition) is 2. The Bertz CT molecular complexity index is 940. The van der Waals surface area contributed by atoms with E-state index in [9.17, 15) is 9.59 Å². The molecule has 0 aliphatic carbocycles. The molecule has 3 aromatic carbocycles. The molecule has 0 aliphatic heterocycles. The van der Waals surface area contributed by atoms with Gasteiger partial charge in [0.05, 0.1) is 0 Å². The number of nitrogens with one attached hydrogen (secondary N) is 1. The van der Waals surface area contributed by atoms with Gasteiger partial charge in [-0.3, -0.25) is 9.59 Å². The molecule has 0 fully saturated rings. The van der Waals surface area contributed by atoms with E-state index in [1.54, 1.807) is 18.2 Å². The van der Waals surface area contributed by atoms with E-state index in [1.165, 1.54) is 0 Å². The van der Waals surface area contributed by atoms with Gasteiger partial charge in [0.15, 0.2) is 0 Å². The second kappa shape index (κ2) is 8.64. The number of halogens is 1. The van der Waals surface area contributed by atoms with Gasteiger partial charge < -0.3 is 11.1 Å². The van der Waals surface area contributed by atoms with Gasteiger partial charge in [-0.1, -0.05) is 76.6 Å². The van der Waals surface area contributed by atoms with Gasteiger partial charge in [0.25, 0.3) is 5.91 Å². The van der Waals surface area contributed by atoms with Crippen LogP contribution in [-0.4, -0.2) is 17.9 Å². The van der Waals surface area contributed by atoms with E-state index in [0.29, 0.717) is 12.0 Å². The fourth-order valence-corrected chi connectivity index (χ4v) is 3.19. The minimum Gasteiger partial charge on any atom is -0.368 e. The monoisotopic (exact) mass is 422 g/mol. The third-order valence-electron chi connectivity index (χ3n) is 4.24. The van der Waals surface area contributed by atoms with Gasteiger partial charge in [0.2, 0.25) is 5.91 Å². The molecule has 0 bridgehead atoms. The van der Waals surface area contributed by atoms with Gasteiger partial charge in [-0.05, 0) is 34.9 Å². The Morgan fingerprint density at radius 3 is 2.19 bits per heavy atom. The maximum atomic E-state index is 12.4. The van der Waals surface area contributed by atoms with Crippen molar-refractivity contribution in [2.75, 3.05) is 0 Å². The molecule has 1 atom stereocenters. The minimum atomic E-state index is -0.779. The number of carbonyl (C=O) groups excluding carboxylic acids is 2. The van der Waals surface area contributed by atoms with E-state index in [1.807, 2.05) is 60.7 Å². The summed E-state index contributed by atoms with van der Waals surface area (Å²) in [5.41, 5.74) is 9.11. The second-order valence-corrected chi connectivity index (χ2v) is 7.12. The van der Waals surface area contributed by atoms with E-state index in [-0.39, 0.29) is 5.91 Å². The lowest BCUT2D eigenvalue weighted by atomic mass is 10.00. The predicted octanol–water partition coefficient (Wildman–Crippen LogP) is 3.94. The van der Waals surface area contributed by atoms with Gasteiger partial charge >= 0.3 is 0 Å². The van der Waals surface area contributed by atoms with Crippen LogP contribution in [0.2, 0.25) is 0 Å². The molecule has 5 heteroatoms. The number of carbonyl (C=O) groups is 2. The van der Waals surface area contributed by atoms with E-state index < -0.39 is 11.9 Å². The minimum absolute atomic E-state index is 0.332. The first kappa shape index (κ1) is 18.9. The fourth-order valence-electron chi connectivity index (χ4n) is 2.79. The number of benzene rings is 3. The van der Waals surface area contributed by atoms with Crippen LogP contribution in [0.1, 0.15) is 15.9 Å². The fraction of sp³-hybridized carbons (Fsp3) is 0.0909. The molecule has 0 spiro atoms. The molecular weight excluding hydrogens is 404 g/mol.